The van der Waals surface area contributed by atoms with Crippen molar-refractivity contribution in [2.75, 3.05) is 24.6 Å². The van der Waals surface area contributed by atoms with Crippen molar-refractivity contribution >= 4 is 40.7 Å². The maximum Gasteiger partial charge on any atom is 0.258 e. The number of carbonyl (C=O) groups is 2. The summed E-state index contributed by atoms with van der Waals surface area (Å²) in [6.45, 7) is 0.346. The second-order valence-corrected chi connectivity index (χ2v) is 6.76. The Balaban J connectivity index is 1.51. The fourth-order valence-electron chi connectivity index (χ4n) is 2.85. The third-order valence-corrected chi connectivity index (χ3v) is 4.63. The Morgan fingerprint density at radius 3 is 2.77 bits per heavy atom. The number of benzene rings is 2. The molecule has 1 aliphatic heterocycles. The lowest BCUT2D eigenvalue weighted by atomic mass is 10.0. The third kappa shape index (κ3) is 4.48. The zero-order valence-electron chi connectivity index (χ0n) is 14.0. The van der Waals surface area contributed by atoms with Crippen LogP contribution in [0.25, 0.3) is 0 Å². The number of para-hydroxylation sites is 1. The van der Waals surface area contributed by atoms with Crippen LogP contribution >= 0.6 is 23.2 Å². The zero-order valence-corrected chi connectivity index (χ0v) is 15.5. The monoisotopic (exact) mass is 392 g/mol. The fourth-order valence-corrected chi connectivity index (χ4v) is 3.31. The minimum absolute atomic E-state index is 0.0785. The SMILES string of the molecule is O=C(COc1ccc(Cl)cc1Cl)NCC(=O)N1CCCc2ccccc21. The van der Waals surface area contributed by atoms with E-state index >= 15 is 0 Å². The van der Waals surface area contributed by atoms with Crippen LogP contribution < -0.4 is 15.0 Å². The van der Waals surface area contributed by atoms with Gasteiger partial charge in [-0.25, -0.2) is 0 Å². The summed E-state index contributed by atoms with van der Waals surface area (Å²) < 4.78 is 5.36. The van der Waals surface area contributed by atoms with Gasteiger partial charge in [0.25, 0.3) is 5.91 Å². The number of amides is 2. The maximum atomic E-state index is 12.5. The van der Waals surface area contributed by atoms with Crippen LogP contribution in [0.5, 0.6) is 5.75 Å². The van der Waals surface area contributed by atoms with Crippen LogP contribution in [0.4, 0.5) is 5.69 Å². The average molecular weight is 393 g/mol. The Morgan fingerprint density at radius 2 is 1.96 bits per heavy atom. The lowest BCUT2D eigenvalue weighted by Gasteiger charge is -2.29. The number of anilines is 1. The van der Waals surface area contributed by atoms with Gasteiger partial charge in [-0.05, 0) is 42.7 Å². The summed E-state index contributed by atoms with van der Waals surface area (Å²) in [5.41, 5.74) is 2.07. The van der Waals surface area contributed by atoms with Crippen LogP contribution in [0.3, 0.4) is 0 Å². The van der Waals surface area contributed by atoms with E-state index in [-0.39, 0.29) is 19.1 Å². The number of fused-ring (bicyclic) bond motifs is 1. The Bertz CT molecular complexity index is 826. The topological polar surface area (TPSA) is 58.6 Å². The van der Waals surface area contributed by atoms with Crippen LogP contribution in [0.1, 0.15) is 12.0 Å². The van der Waals surface area contributed by atoms with Gasteiger partial charge in [0.2, 0.25) is 5.91 Å². The molecular formula is C19H18Cl2N2O3. The molecule has 7 heteroatoms. The van der Waals surface area contributed by atoms with Crippen LogP contribution in [0, 0.1) is 0 Å². The summed E-state index contributed by atoms with van der Waals surface area (Å²) in [4.78, 5) is 26.1. The Kier molecular flexibility index (Phi) is 6.01. The molecule has 1 N–H and O–H groups in total. The van der Waals surface area contributed by atoms with Crippen molar-refractivity contribution in [3.63, 3.8) is 0 Å². The van der Waals surface area contributed by atoms with Crippen LogP contribution in [0.2, 0.25) is 10.0 Å². The van der Waals surface area contributed by atoms with Gasteiger partial charge in [-0.15, -0.1) is 0 Å². The summed E-state index contributed by atoms with van der Waals surface area (Å²) in [5, 5.41) is 3.40. The zero-order chi connectivity index (χ0) is 18.5. The number of halogens is 2. The van der Waals surface area contributed by atoms with E-state index in [0.717, 1.165) is 24.1 Å². The van der Waals surface area contributed by atoms with E-state index in [9.17, 15) is 9.59 Å². The molecule has 0 bridgehead atoms. The van der Waals surface area contributed by atoms with Gasteiger partial charge in [0.15, 0.2) is 6.61 Å². The standard InChI is InChI=1S/C19H18Cl2N2O3/c20-14-7-8-17(15(21)10-14)26-12-18(24)22-11-19(25)23-9-3-5-13-4-1-2-6-16(13)23/h1-2,4,6-8,10H,3,5,9,11-12H2,(H,22,24). The number of nitrogens with zero attached hydrogens (tertiary/aromatic N) is 1. The normalized spacial score (nSPS) is 13.1. The number of hydrogen-bond acceptors (Lipinski definition) is 3. The van der Waals surface area contributed by atoms with Gasteiger partial charge in [0.1, 0.15) is 5.75 Å². The summed E-state index contributed by atoms with van der Waals surface area (Å²) in [7, 11) is 0. The summed E-state index contributed by atoms with van der Waals surface area (Å²) in [5.74, 6) is -0.174. The number of ether oxygens (including phenoxy) is 1. The van der Waals surface area contributed by atoms with Crippen molar-refractivity contribution in [2.24, 2.45) is 0 Å². The van der Waals surface area contributed by atoms with Gasteiger partial charge in [0.05, 0.1) is 11.6 Å². The van der Waals surface area contributed by atoms with E-state index in [1.165, 1.54) is 6.07 Å². The number of aryl methyl sites for hydroxylation is 1. The molecule has 0 radical (unpaired) electrons. The van der Waals surface area contributed by atoms with E-state index < -0.39 is 5.91 Å². The predicted octanol–water partition coefficient (Wildman–Crippen LogP) is 3.47. The molecular weight excluding hydrogens is 375 g/mol. The smallest absolute Gasteiger partial charge is 0.258 e. The number of hydrogen-bond donors (Lipinski definition) is 1. The van der Waals surface area contributed by atoms with Crippen molar-refractivity contribution in [2.45, 2.75) is 12.8 Å². The van der Waals surface area contributed by atoms with Gasteiger partial charge >= 0.3 is 0 Å². The molecule has 26 heavy (non-hydrogen) atoms. The first-order chi connectivity index (χ1) is 12.5. The van der Waals surface area contributed by atoms with Gasteiger partial charge in [-0.2, -0.15) is 0 Å². The van der Waals surface area contributed by atoms with Crippen molar-refractivity contribution < 1.29 is 14.3 Å². The van der Waals surface area contributed by atoms with Gasteiger partial charge < -0.3 is 15.0 Å². The molecule has 2 aromatic rings. The van der Waals surface area contributed by atoms with Gasteiger partial charge in [-0.3, -0.25) is 9.59 Å². The molecule has 0 atom stereocenters. The Labute approximate surface area is 161 Å². The van der Waals surface area contributed by atoms with E-state index in [4.69, 9.17) is 27.9 Å². The molecule has 0 aromatic heterocycles. The van der Waals surface area contributed by atoms with E-state index in [1.54, 1.807) is 17.0 Å². The molecule has 1 aliphatic rings. The second kappa shape index (κ2) is 8.43. The maximum absolute atomic E-state index is 12.5. The molecule has 2 amide bonds. The Morgan fingerprint density at radius 1 is 1.15 bits per heavy atom. The molecule has 136 valence electrons. The van der Waals surface area contributed by atoms with Crippen LogP contribution in [-0.4, -0.2) is 31.5 Å². The average Bonchev–Trinajstić information content (AvgIpc) is 2.65. The lowest BCUT2D eigenvalue weighted by Crippen LogP contribution is -2.43. The molecule has 0 saturated heterocycles. The van der Waals surface area contributed by atoms with Crippen molar-refractivity contribution in [1.29, 1.82) is 0 Å². The number of nitrogens with one attached hydrogen (secondary N) is 1. The summed E-state index contributed by atoms with van der Waals surface area (Å²) in [6.07, 6.45) is 1.87. The highest BCUT2D eigenvalue weighted by atomic mass is 35.5. The minimum atomic E-state index is -0.394. The highest BCUT2D eigenvalue weighted by molar-refractivity contribution is 6.35. The Hall–Kier alpha value is -2.24. The second-order valence-electron chi connectivity index (χ2n) is 5.92. The molecule has 0 aliphatic carbocycles. The van der Waals surface area contributed by atoms with E-state index in [1.807, 2.05) is 24.3 Å². The largest absolute Gasteiger partial charge is 0.482 e. The third-order valence-electron chi connectivity index (χ3n) is 4.10. The first kappa shape index (κ1) is 18.5. The first-order valence-electron chi connectivity index (χ1n) is 8.27. The molecule has 0 spiro atoms. The highest BCUT2D eigenvalue weighted by Gasteiger charge is 2.22. The molecule has 0 fully saturated rings. The van der Waals surface area contributed by atoms with E-state index in [0.29, 0.717) is 22.3 Å². The summed E-state index contributed by atoms with van der Waals surface area (Å²) in [6, 6.07) is 12.6. The van der Waals surface area contributed by atoms with Crippen LogP contribution in [-0.2, 0) is 16.0 Å². The first-order valence-corrected chi connectivity index (χ1v) is 9.03. The number of rotatable bonds is 5. The highest BCUT2D eigenvalue weighted by Crippen LogP contribution is 2.28. The molecule has 3 rings (SSSR count). The number of carbonyl (C=O) groups excluding carboxylic acids is 2. The fraction of sp³-hybridized carbons (Fsp3) is 0.263. The molecule has 0 saturated carbocycles. The quantitative estimate of drug-likeness (QED) is 0.847. The molecule has 0 unspecified atom stereocenters. The minimum Gasteiger partial charge on any atom is -0.482 e. The van der Waals surface area contributed by atoms with Crippen molar-refractivity contribution in [3.8, 4) is 5.75 Å². The van der Waals surface area contributed by atoms with Crippen molar-refractivity contribution in [1.82, 2.24) is 5.32 Å². The van der Waals surface area contributed by atoms with Gasteiger partial charge in [-0.1, -0.05) is 41.4 Å². The van der Waals surface area contributed by atoms with Gasteiger partial charge in [0, 0.05) is 17.3 Å². The molecule has 5 nitrogen and oxygen atoms in total. The van der Waals surface area contributed by atoms with Crippen LogP contribution in [0.15, 0.2) is 42.5 Å². The molecule has 2 aromatic carbocycles. The molecule has 1 heterocycles. The van der Waals surface area contributed by atoms with E-state index in [2.05, 4.69) is 5.32 Å². The predicted molar refractivity (Wildman–Crippen MR) is 102 cm³/mol. The van der Waals surface area contributed by atoms with Crippen molar-refractivity contribution in [3.05, 3.63) is 58.1 Å². The summed E-state index contributed by atoms with van der Waals surface area (Å²) >= 11 is 11.8. The lowest BCUT2D eigenvalue weighted by molar-refractivity contribution is -0.126.